The fourth-order valence-electron chi connectivity index (χ4n) is 2.73. The summed E-state index contributed by atoms with van der Waals surface area (Å²) in [4.78, 5) is 2.38. The molecule has 1 heteroatoms. The highest BCUT2D eigenvalue weighted by Gasteiger charge is 2.22. The Labute approximate surface area is 97.1 Å². The van der Waals surface area contributed by atoms with E-state index in [1.165, 1.54) is 16.7 Å². The van der Waals surface area contributed by atoms with Crippen molar-refractivity contribution in [2.75, 3.05) is 20.1 Å². The molecule has 0 N–H and O–H groups in total. The second-order valence-corrected chi connectivity index (χ2v) is 4.78. The molecule has 0 saturated carbocycles. The molecule has 1 atom stereocenters. The molecular formula is C15H17N. The van der Waals surface area contributed by atoms with Gasteiger partial charge in [0.05, 0.1) is 0 Å². The first-order valence-electron chi connectivity index (χ1n) is 5.98. The van der Waals surface area contributed by atoms with Crippen LogP contribution in [0.25, 0.3) is 5.57 Å². The lowest BCUT2D eigenvalue weighted by molar-refractivity contribution is 0.342. The summed E-state index contributed by atoms with van der Waals surface area (Å²) in [6.45, 7) is 2.23. The van der Waals surface area contributed by atoms with Gasteiger partial charge in [-0.25, -0.2) is 0 Å². The van der Waals surface area contributed by atoms with E-state index < -0.39 is 0 Å². The van der Waals surface area contributed by atoms with Gasteiger partial charge < -0.3 is 4.90 Å². The summed E-state index contributed by atoms with van der Waals surface area (Å²) in [7, 11) is 2.19. The molecule has 1 unspecified atom stereocenters. The lowest BCUT2D eigenvalue weighted by Crippen LogP contribution is -2.30. The molecule has 0 radical (unpaired) electrons. The van der Waals surface area contributed by atoms with Crippen molar-refractivity contribution in [2.45, 2.75) is 6.42 Å². The number of benzene rings is 1. The average molecular weight is 211 g/mol. The van der Waals surface area contributed by atoms with Crippen molar-refractivity contribution in [3.63, 3.8) is 0 Å². The molecule has 82 valence electrons. The minimum Gasteiger partial charge on any atom is -0.302 e. The Balaban J connectivity index is 2.11. The first-order valence-corrected chi connectivity index (χ1v) is 5.98. The van der Waals surface area contributed by atoms with Crippen LogP contribution in [0.4, 0.5) is 0 Å². The summed E-state index contributed by atoms with van der Waals surface area (Å²) in [5, 5.41) is 0. The molecule has 1 aliphatic carbocycles. The number of allylic oxidation sites excluding steroid dienone is 1. The summed E-state index contributed by atoms with van der Waals surface area (Å²) in [5.74, 6) is 0.586. The van der Waals surface area contributed by atoms with E-state index in [0.717, 1.165) is 19.5 Å². The van der Waals surface area contributed by atoms with Gasteiger partial charge >= 0.3 is 0 Å². The standard InChI is InChI=1S/C15H17N/c1-16-10-9-15-13(11-16)7-4-6-12-5-2-3-8-14(12)15/h2-5,7-9,13H,6,10-11H2,1H3. The molecule has 0 aromatic heterocycles. The van der Waals surface area contributed by atoms with Crippen LogP contribution in [0.15, 0.2) is 42.5 Å². The van der Waals surface area contributed by atoms with Gasteiger partial charge in [-0.2, -0.15) is 0 Å². The van der Waals surface area contributed by atoms with E-state index in [0.29, 0.717) is 5.92 Å². The van der Waals surface area contributed by atoms with Crippen LogP contribution in [0.5, 0.6) is 0 Å². The summed E-state index contributed by atoms with van der Waals surface area (Å²) >= 11 is 0. The zero-order chi connectivity index (χ0) is 11.0. The normalized spacial score (nSPS) is 24.3. The number of rotatable bonds is 0. The van der Waals surface area contributed by atoms with Gasteiger partial charge in [0.2, 0.25) is 0 Å². The lowest BCUT2D eigenvalue weighted by Gasteiger charge is -2.28. The zero-order valence-electron chi connectivity index (χ0n) is 9.69. The molecule has 1 aromatic rings. The molecule has 1 aliphatic heterocycles. The van der Waals surface area contributed by atoms with Crippen molar-refractivity contribution in [2.24, 2.45) is 5.92 Å². The third-order valence-corrected chi connectivity index (χ3v) is 3.57. The number of likely N-dealkylation sites (N-methyl/N-ethyl adjacent to an activating group) is 1. The van der Waals surface area contributed by atoms with Crippen LogP contribution in [0.1, 0.15) is 11.1 Å². The number of hydrogen-bond acceptors (Lipinski definition) is 1. The molecule has 0 amide bonds. The maximum absolute atomic E-state index is 2.39. The van der Waals surface area contributed by atoms with Gasteiger partial charge in [-0.1, -0.05) is 42.5 Å². The molecule has 1 heterocycles. The summed E-state index contributed by atoms with van der Waals surface area (Å²) < 4.78 is 0. The molecular weight excluding hydrogens is 194 g/mol. The molecule has 2 aliphatic rings. The van der Waals surface area contributed by atoms with E-state index in [1.54, 1.807) is 0 Å². The minimum absolute atomic E-state index is 0.586. The third kappa shape index (κ3) is 1.61. The van der Waals surface area contributed by atoms with Crippen LogP contribution in [0.3, 0.4) is 0 Å². The summed E-state index contributed by atoms with van der Waals surface area (Å²) in [6.07, 6.45) is 8.17. The quantitative estimate of drug-likeness (QED) is 0.596. The largest absolute Gasteiger partial charge is 0.302 e. The van der Waals surface area contributed by atoms with Gasteiger partial charge in [0.15, 0.2) is 0 Å². The first-order chi connectivity index (χ1) is 7.84. The Bertz CT molecular complexity index is 456. The van der Waals surface area contributed by atoms with Crippen LogP contribution >= 0.6 is 0 Å². The minimum atomic E-state index is 0.586. The molecule has 0 fully saturated rings. The van der Waals surface area contributed by atoms with E-state index in [9.17, 15) is 0 Å². The predicted molar refractivity (Wildman–Crippen MR) is 68.3 cm³/mol. The summed E-state index contributed by atoms with van der Waals surface area (Å²) in [6, 6.07) is 8.82. The Kier molecular flexibility index (Phi) is 2.41. The smallest absolute Gasteiger partial charge is 0.0166 e. The van der Waals surface area contributed by atoms with E-state index in [-0.39, 0.29) is 0 Å². The Morgan fingerprint density at radius 2 is 2.12 bits per heavy atom. The van der Waals surface area contributed by atoms with Crippen LogP contribution in [0.2, 0.25) is 0 Å². The second kappa shape index (κ2) is 3.91. The van der Waals surface area contributed by atoms with Gasteiger partial charge in [0.25, 0.3) is 0 Å². The van der Waals surface area contributed by atoms with E-state index in [2.05, 4.69) is 54.4 Å². The van der Waals surface area contributed by atoms with Gasteiger partial charge in [0, 0.05) is 19.0 Å². The molecule has 0 saturated heterocycles. The maximum Gasteiger partial charge on any atom is 0.0166 e. The van der Waals surface area contributed by atoms with Gasteiger partial charge in [-0.3, -0.25) is 0 Å². The SMILES string of the molecule is CN1CC=C2c3ccccc3CC=CC2C1. The number of hydrogen-bond donors (Lipinski definition) is 0. The highest BCUT2D eigenvalue weighted by Crippen LogP contribution is 2.33. The number of fused-ring (bicyclic) bond motifs is 3. The average Bonchev–Trinajstić information content (AvgIpc) is 2.47. The molecule has 1 nitrogen and oxygen atoms in total. The number of nitrogens with zero attached hydrogens (tertiary/aromatic N) is 1. The van der Waals surface area contributed by atoms with Gasteiger partial charge in [-0.05, 0) is 30.2 Å². The third-order valence-electron chi connectivity index (χ3n) is 3.57. The molecule has 1 aromatic carbocycles. The predicted octanol–water partition coefficient (Wildman–Crippen LogP) is 2.74. The Morgan fingerprint density at radius 1 is 1.25 bits per heavy atom. The van der Waals surface area contributed by atoms with E-state index in [1.807, 2.05) is 0 Å². The lowest BCUT2D eigenvalue weighted by atomic mass is 9.88. The van der Waals surface area contributed by atoms with E-state index >= 15 is 0 Å². The van der Waals surface area contributed by atoms with Gasteiger partial charge in [0.1, 0.15) is 0 Å². The Hall–Kier alpha value is -1.34. The zero-order valence-corrected chi connectivity index (χ0v) is 9.69. The topological polar surface area (TPSA) is 3.24 Å². The van der Waals surface area contributed by atoms with Crippen molar-refractivity contribution >= 4 is 5.57 Å². The fourth-order valence-corrected chi connectivity index (χ4v) is 2.73. The van der Waals surface area contributed by atoms with Crippen molar-refractivity contribution in [3.8, 4) is 0 Å². The molecule has 3 rings (SSSR count). The fraction of sp³-hybridized carbons (Fsp3) is 0.333. The van der Waals surface area contributed by atoms with E-state index in [4.69, 9.17) is 0 Å². The molecule has 16 heavy (non-hydrogen) atoms. The van der Waals surface area contributed by atoms with Crippen molar-refractivity contribution in [3.05, 3.63) is 53.6 Å². The summed E-state index contributed by atoms with van der Waals surface area (Å²) in [5.41, 5.74) is 4.46. The van der Waals surface area contributed by atoms with Gasteiger partial charge in [-0.15, -0.1) is 0 Å². The second-order valence-electron chi connectivity index (χ2n) is 4.78. The highest BCUT2D eigenvalue weighted by atomic mass is 15.1. The van der Waals surface area contributed by atoms with Crippen LogP contribution in [0, 0.1) is 5.92 Å². The van der Waals surface area contributed by atoms with Crippen molar-refractivity contribution in [1.29, 1.82) is 0 Å². The van der Waals surface area contributed by atoms with Crippen molar-refractivity contribution in [1.82, 2.24) is 4.90 Å². The van der Waals surface area contributed by atoms with Crippen LogP contribution in [-0.2, 0) is 6.42 Å². The monoisotopic (exact) mass is 211 g/mol. The Morgan fingerprint density at radius 3 is 3.06 bits per heavy atom. The van der Waals surface area contributed by atoms with Crippen LogP contribution in [-0.4, -0.2) is 25.0 Å². The van der Waals surface area contributed by atoms with Crippen molar-refractivity contribution < 1.29 is 0 Å². The van der Waals surface area contributed by atoms with Crippen LogP contribution < -0.4 is 0 Å². The first kappa shape index (κ1) is 9.86. The molecule has 0 bridgehead atoms. The molecule has 0 spiro atoms. The highest BCUT2D eigenvalue weighted by molar-refractivity contribution is 5.73. The maximum atomic E-state index is 2.39.